The van der Waals surface area contributed by atoms with Gasteiger partial charge in [0.15, 0.2) is 0 Å². The number of halogens is 1. The van der Waals surface area contributed by atoms with Gasteiger partial charge < -0.3 is 10.5 Å². The van der Waals surface area contributed by atoms with Crippen molar-refractivity contribution < 1.29 is 9.13 Å². The summed E-state index contributed by atoms with van der Waals surface area (Å²) in [6.45, 7) is 4.22. The summed E-state index contributed by atoms with van der Waals surface area (Å²) in [5, 5.41) is 0. The van der Waals surface area contributed by atoms with Gasteiger partial charge in [0.25, 0.3) is 0 Å². The van der Waals surface area contributed by atoms with E-state index in [0.29, 0.717) is 6.61 Å². The Balaban J connectivity index is 2.10. The topological polar surface area (TPSA) is 35.2 Å². The standard InChI is InChI=1S/C16H18FNO/c1-11-6-7-15(17)8-14(11)10-19-16-5-3-4-13(9-16)12(2)18/h3-9,12H,10,18H2,1-2H3/t12-/m0/s1. The minimum Gasteiger partial charge on any atom is -0.489 e. The van der Waals surface area contributed by atoms with Crippen LogP contribution in [0.5, 0.6) is 5.75 Å². The predicted molar refractivity (Wildman–Crippen MR) is 74.5 cm³/mol. The molecule has 0 unspecified atom stereocenters. The first-order chi connectivity index (χ1) is 9.06. The fourth-order valence-electron chi connectivity index (χ4n) is 1.84. The van der Waals surface area contributed by atoms with Crippen LogP contribution < -0.4 is 10.5 Å². The van der Waals surface area contributed by atoms with Crippen LogP contribution in [0.4, 0.5) is 4.39 Å². The molecule has 2 aromatic carbocycles. The van der Waals surface area contributed by atoms with Crippen molar-refractivity contribution in [2.75, 3.05) is 0 Å². The lowest BCUT2D eigenvalue weighted by Gasteiger charge is -2.11. The minimum atomic E-state index is -0.242. The highest BCUT2D eigenvalue weighted by atomic mass is 19.1. The SMILES string of the molecule is Cc1ccc(F)cc1COc1cccc([C@H](C)N)c1. The maximum atomic E-state index is 13.2. The zero-order chi connectivity index (χ0) is 13.8. The fourth-order valence-corrected chi connectivity index (χ4v) is 1.84. The van der Waals surface area contributed by atoms with Crippen molar-refractivity contribution in [3.05, 3.63) is 65.0 Å². The summed E-state index contributed by atoms with van der Waals surface area (Å²) in [6, 6.07) is 12.4. The largest absolute Gasteiger partial charge is 0.489 e. The van der Waals surface area contributed by atoms with Crippen molar-refractivity contribution in [2.45, 2.75) is 26.5 Å². The van der Waals surface area contributed by atoms with E-state index < -0.39 is 0 Å². The summed E-state index contributed by atoms with van der Waals surface area (Å²) in [5.41, 5.74) is 8.72. The number of hydrogen-bond acceptors (Lipinski definition) is 2. The number of rotatable bonds is 4. The summed E-state index contributed by atoms with van der Waals surface area (Å²) in [5.74, 6) is 0.506. The molecule has 0 aliphatic rings. The van der Waals surface area contributed by atoms with E-state index >= 15 is 0 Å². The lowest BCUT2D eigenvalue weighted by atomic mass is 10.1. The van der Waals surface area contributed by atoms with Gasteiger partial charge in [-0.1, -0.05) is 18.2 Å². The summed E-state index contributed by atoms with van der Waals surface area (Å²) in [4.78, 5) is 0. The van der Waals surface area contributed by atoms with E-state index in [1.807, 2.05) is 38.1 Å². The molecule has 100 valence electrons. The molecule has 0 aliphatic heterocycles. The van der Waals surface area contributed by atoms with Crippen molar-refractivity contribution in [1.82, 2.24) is 0 Å². The molecule has 2 N–H and O–H groups in total. The third-order valence-electron chi connectivity index (χ3n) is 3.09. The monoisotopic (exact) mass is 259 g/mol. The van der Waals surface area contributed by atoms with E-state index in [4.69, 9.17) is 10.5 Å². The van der Waals surface area contributed by atoms with E-state index in [-0.39, 0.29) is 11.9 Å². The van der Waals surface area contributed by atoms with E-state index in [9.17, 15) is 4.39 Å². The molecule has 0 heterocycles. The maximum absolute atomic E-state index is 13.2. The zero-order valence-corrected chi connectivity index (χ0v) is 11.2. The lowest BCUT2D eigenvalue weighted by Crippen LogP contribution is -2.05. The number of aryl methyl sites for hydroxylation is 1. The van der Waals surface area contributed by atoms with Crippen LogP contribution in [0.15, 0.2) is 42.5 Å². The molecule has 2 rings (SSSR count). The molecule has 0 amide bonds. The maximum Gasteiger partial charge on any atom is 0.123 e. The Morgan fingerprint density at radius 2 is 2.00 bits per heavy atom. The van der Waals surface area contributed by atoms with Crippen molar-refractivity contribution in [1.29, 1.82) is 0 Å². The van der Waals surface area contributed by atoms with E-state index in [1.54, 1.807) is 6.07 Å². The molecule has 0 saturated heterocycles. The average Bonchev–Trinajstić information content (AvgIpc) is 2.40. The number of ether oxygens (including phenoxy) is 1. The Hall–Kier alpha value is -1.87. The predicted octanol–water partition coefficient (Wildman–Crippen LogP) is 3.73. The van der Waals surface area contributed by atoms with Crippen molar-refractivity contribution in [3.63, 3.8) is 0 Å². The van der Waals surface area contributed by atoms with Crippen LogP contribution >= 0.6 is 0 Å². The first kappa shape index (κ1) is 13.6. The molecule has 3 heteroatoms. The van der Waals surface area contributed by atoms with Crippen LogP contribution in [0.1, 0.15) is 29.7 Å². The van der Waals surface area contributed by atoms with Crippen LogP contribution in [0, 0.1) is 12.7 Å². The van der Waals surface area contributed by atoms with Gasteiger partial charge in [0.2, 0.25) is 0 Å². The molecule has 0 spiro atoms. The van der Waals surface area contributed by atoms with Gasteiger partial charge in [-0.2, -0.15) is 0 Å². The van der Waals surface area contributed by atoms with Crippen molar-refractivity contribution in [2.24, 2.45) is 5.73 Å². The highest BCUT2D eigenvalue weighted by Crippen LogP contribution is 2.19. The summed E-state index contributed by atoms with van der Waals surface area (Å²) in [6.07, 6.45) is 0. The second-order valence-corrected chi connectivity index (χ2v) is 4.72. The molecule has 0 aromatic heterocycles. The Morgan fingerprint density at radius 3 is 2.74 bits per heavy atom. The molecular weight excluding hydrogens is 241 g/mol. The number of nitrogens with two attached hydrogens (primary N) is 1. The van der Waals surface area contributed by atoms with Gasteiger partial charge in [0, 0.05) is 6.04 Å². The summed E-state index contributed by atoms with van der Waals surface area (Å²) >= 11 is 0. The van der Waals surface area contributed by atoms with Gasteiger partial charge in [-0.15, -0.1) is 0 Å². The highest BCUT2D eigenvalue weighted by Gasteiger charge is 2.04. The van der Waals surface area contributed by atoms with Crippen LogP contribution in [-0.2, 0) is 6.61 Å². The molecule has 0 radical (unpaired) electrons. The third-order valence-corrected chi connectivity index (χ3v) is 3.09. The van der Waals surface area contributed by atoms with E-state index in [1.165, 1.54) is 12.1 Å². The van der Waals surface area contributed by atoms with Crippen molar-refractivity contribution in [3.8, 4) is 5.75 Å². The normalized spacial score (nSPS) is 12.2. The Bertz CT molecular complexity index is 566. The van der Waals surface area contributed by atoms with Crippen LogP contribution in [0.2, 0.25) is 0 Å². The number of benzene rings is 2. The molecule has 0 bridgehead atoms. The first-order valence-corrected chi connectivity index (χ1v) is 6.29. The lowest BCUT2D eigenvalue weighted by molar-refractivity contribution is 0.304. The van der Waals surface area contributed by atoms with Gasteiger partial charge in [-0.3, -0.25) is 0 Å². The molecule has 2 nitrogen and oxygen atoms in total. The Kier molecular flexibility index (Phi) is 4.17. The van der Waals surface area contributed by atoms with Gasteiger partial charge in [-0.25, -0.2) is 4.39 Å². The van der Waals surface area contributed by atoms with Gasteiger partial charge in [-0.05, 0) is 54.8 Å². The zero-order valence-electron chi connectivity index (χ0n) is 11.2. The Labute approximate surface area is 113 Å². The van der Waals surface area contributed by atoms with Gasteiger partial charge >= 0.3 is 0 Å². The molecule has 0 fully saturated rings. The highest BCUT2D eigenvalue weighted by molar-refractivity contribution is 5.31. The number of hydrogen-bond donors (Lipinski definition) is 1. The van der Waals surface area contributed by atoms with Gasteiger partial charge in [0.05, 0.1) is 0 Å². The van der Waals surface area contributed by atoms with Crippen LogP contribution in [0.25, 0.3) is 0 Å². The fraction of sp³-hybridized carbons (Fsp3) is 0.250. The smallest absolute Gasteiger partial charge is 0.123 e. The van der Waals surface area contributed by atoms with Gasteiger partial charge in [0.1, 0.15) is 18.2 Å². The Morgan fingerprint density at radius 1 is 1.21 bits per heavy atom. The first-order valence-electron chi connectivity index (χ1n) is 6.29. The van der Waals surface area contributed by atoms with E-state index in [0.717, 1.165) is 22.4 Å². The average molecular weight is 259 g/mol. The summed E-state index contributed by atoms with van der Waals surface area (Å²) < 4.78 is 18.9. The molecule has 2 aromatic rings. The van der Waals surface area contributed by atoms with Crippen molar-refractivity contribution >= 4 is 0 Å². The van der Waals surface area contributed by atoms with E-state index in [2.05, 4.69) is 0 Å². The van der Waals surface area contributed by atoms with Crippen LogP contribution in [0.3, 0.4) is 0 Å². The molecule has 19 heavy (non-hydrogen) atoms. The second-order valence-electron chi connectivity index (χ2n) is 4.72. The minimum absolute atomic E-state index is 0.0283. The molecule has 0 aliphatic carbocycles. The molecule has 0 saturated carbocycles. The second kappa shape index (κ2) is 5.85. The quantitative estimate of drug-likeness (QED) is 0.908. The van der Waals surface area contributed by atoms with Crippen LogP contribution in [-0.4, -0.2) is 0 Å². The molecule has 1 atom stereocenters. The summed E-state index contributed by atoms with van der Waals surface area (Å²) in [7, 11) is 0. The molecular formula is C16H18FNO. The third kappa shape index (κ3) is 3.55.